The monoisotopic (exact) mass is 495 g/mol. The number of halogens is 3. The summed E-state index contributed by atoms with van der Waals surface area (Å²) in [6, 6.07) is -0.249. The second-order valence-electron chi connectivity index (χ2n) is 9.71. The lowest BCUT2D eigenvalue weighted by molar-refractivity contribution is -0.201. The fourth-order valence-corrected chi connectivity index (χ4v) is 4.17. The highest BCUT2D eigenvalue weighted by Crippen LogP contribution is 2.31. The largest absolute Gasteiger partial charge is 0.490 e. The second kappa shape index (κ2) is 12.2. The molecule has 0 aromatic rings. The maximum atomic E-state index is 12.6. The number of carbonyl (C=O) groups is 3. The smallest absolute Gasteiger partial charge is 0.475 e. The molecule has 2 amide bonds. The molecule has 0 radical (unpaired) electrons. The Kier molecular flexibility index (Phi) is 10.1. The van der Waals surface area contributed by atoms with Crippen molar-refractivity contribution in [3.05, 3.63) is 0 Å². The Morgan fingerprint density at radius 3 is 2.24 bits per heavy atom. The molecule has 9 nitrogen and oxygen atoms in total. The van der Waals surface area contributed by atoms with Gasteiger partial charge in [0.25, 0.3) is 0 Å². The van der Waals surface area contributed by atoms with Crippen molar-refractivity contribution in [3.8, 4) is 0 Å². The number of ether oxygens (including phenoxy) is 2. The van der Waals surface area contributed by atoms with Crippen molar-refractivity contribution in [1.29, 1.82) is 0 Å². The Morgan fingerprint density at radius 2 is 1.74 bits per heavy atom. The first-order chi connectivity index (χ1) is 15.8. The van der Waals surface area contributed by atoms with Crippen molar-refractivity contribution in [2.24, 2.45) is 11.8 Å². The highest BCUT2D eigenvalue weighted by Gasteiger charge is 2.51. The number of aliphatic carboxylic acids is 1. The number of likely N-dealkylation sites (N-methyl/N-ethyl adjacent to an activating group) is 1. The van der Waals surface area contributed by atoms with E-state index in [0.717, 1.165) is 39.0 Å². The Morgan fingerprint density at radius 1 is 1.15 bits per heavy atom. The van der Waals surface area contributed by atoms with Crippen LogP contribution in [0, 0.1) is 11.8 Å². The average molecular weight is 496 g/mol. The van der Waals surface area contributed by atoms with Gasteiger partial charge in [0.2, 0.25) is 11.8 Å². The first-order valence-electron chi connectivity index (χ1n) is 11.6. The molecular formula is C22H36F3N3O6. The average Bonchev–Trinajstić information content (AvgIpc) is 2.74. The van der Waals surface area contributed by atoms with E-state index in [9.17, 15) is 22.8 Å². The first kappa shape index (κ1) is 28.3. The molecule has 34 heavy (non-hydrogen) atoms. The molecule has 196 valence electrons. The molecular weight excluding hydrogens is 459 g/mol. The van der Waals surface area contributed by atoms with Crippen molar-refractivity contribution in [3.63, 3.8) is 0 Å². The number of carboxylic acid groups (broad SMARTS) is 1. The minimum Gasteiger partial charge on any atom is -0.475 e. The lowest BCUT2D eigenvalue weighted by atomic mass is 9.90. The summed E-state index contributed by atoms with van der Waals surface area (Å²) < 4.78 is 43.2. The van der Waals surface area contributed by atoms with E-state index in [1.165, 1.54) is 0 Å². The Bertz CT molecular complexity index is 706. The van der Waals surface area contributed by atoms with Crippen LogP contribution < -0.4 is 5.32 Å². The number of hydrogen-bond donors (Lipinski definition) is 2. The summed E-state index contributed by atoms with van der Waals surface area (Å²) in [6.07, 6.45) is -1.51. The van der Waals surface area contributed by atoms with Crippen molar-refractivity contribution in [2.75, 3.05) is 53.0 Å². The molecule has 0 bridgehead atoms. The number of nitrogens with zero attached hydrogens (tertiary/aromatic N) is 2. The van der Waals surface area contributed by atoms with E-state index in [1.807, 2.05) is 11.9 Å². The highest BCUT2D eigenvalue weighted by molar-refractivity contribution is 5.82. The van der Waals surface area contributed by atoms with Crippen LogP contribution in [0.4, 0.5) is 13.2 Å². The summed E-state index contributed by atoms with van der Waals surface area (Å²) in [5.74, 6) is -1.44. The molecule has 3 heterocycles. The van der Waals surface area contributed by atoms with Gasteiger partial charge in [0.05, 0.1) is 19.7 Å². The third kappa shape index (κ3) is 8.38. The first-order valence-corrected chi connectivity index (χ1v) is 11.6. The van der Waals surface area contributed by atoms with Crippen LogP contribution in [0.5, 0.6) is 0 Å². The van der Waals surface area contributed by atoms with E-state index in [2.05, 4.69) is 24.1 Å². The molecule has 1 atom stereocenters. The van der Waals surface area contributed by atoms with E-state index >= 15 is 0 Å². The maximum absolute atomic E-state index is 12.6. The number of carboxylic acids is 1. The van der Waals surface area contributed by atoms with Crippen LogP contribution >= 0.6 is 0 Å². The van der Waals surface area contributed by atoms with Gasteiger partial charge in [-0.2, -0.15) is 13.2 Å². The summed E-state index contributed by atoms with van der Waals surface area (Å²) >= 11 is 0. The Hall–Kier alpha value is -1.92. The van der Waals surface area contributed by atoms with Gasteiger partial charge >= 0.3 is 12.1 Å². The molecule has 0 saturated carbocycles. The second-order valence-corrected chi connectivity index (χ2v) is 9.71. The van der Waals surface area contributed by atoms with Gasteiger partial charge in [0, 0.05) is 32.7 Å². The number of likely N-dealkylation sites (tertiary alicyclic amines) is 1. The third-order valence-electron chi connectivity index (χ3n) is 6.31. The maximum Gasteiger partial charge on any atom is 0.490 e. The van der Waals surface area contributed by atoms with Gasteiger partial charge in [-0.05, 0) is 38.1 Å². The summed E-state index contributed by atoms with van der Waals surface area (Å²) in [5, 5.41) is 10.2. The van der Waals surface area contributed by atoms with Crippen molar-refractivity contribution >= 4 is 17.8 Å². The van der Waals surface area contributed by atoms with E-state index in [-0.39, 0.29) is 23.5 Å². The SMILES string of the molecule is CC(C)CCC(=O)N1CC2(C1)CN(C)C(C(=O)NCC1CCOCC1)CO2.O=C(O)C(F)(F)F. The molecule has 3 fully saturated rings. The van der Waals surface area contributed by atoms with Gasteiger partial charge in [-0.15, -0.1) is 0 Å². The third-order valence-corrected chi connectivity index (χ3v) is 6.31. The van der Waals surface area contributed by atoms with Crippen molar-refractivity contribution < 1.29 is 42.1 Å². The molecule has 1 unspecified atom stereocenters. The van der Waals surface area contributed by atoms with Crippen LogP contribution in [-0.4, -0.2) is 104 Å². The zero-order valence-electron chi connectivity index (χ0n) is 20.0. The van der Waals surface area contributed by atoms with Gasteiger partial charge in [-0.3, -0.25) is 14.5 Å². The van der Waals surface area contributed by atoms with Crippen LogP contribution in [0.25, 0.3) is 0 Å². The van der Waals surface area contributed by atoms with Gasteiger partial charge < -0.3 is 24.8 Å². The zero-order chi connectivity index (χ0) is 25.5. The Labute approximate surface area is 197 Å². The molecule has 0 aliphatic carbocycles. The Balaban J connectivity index is 0.000000509. The van der Waals surface area contributed by atoms with E-state index in [1.54, 1.807) is 0 Å². The number of morpholine rings is 1. The van der Waals surface area contributed by atoms with Gasteiger partial charge in [-0.25, -0.2) is 4.79 Å². The normalized spacial score (nSPS) is 23.1. The summed E-state index contributed by atoms with van der Waals surface area (Å²) in [4.78, 5) is 37.7. The molecule has 3 aliphatic heterocycles. The predicted octanol–water partition coefficient (Wildman–Crippen LogP) is 1.51. The van der Waals surface area contributed by atoms with Crippen LogP contribution in [0.15, 0.2) is 0 Å². The van der Waals surface area contributed by atoms with Gasteiger partial charge in [-0.1, -0.05) is 13.8 Å². The minimum atomic E-state index is -5.08. The number of carbonyl (C=O) groups excluding carboxylic acids is 2. The molecule has 0 aromatic heterocycles. The van der Waals surface area contributed by atoms with E-state index in [4.69, 9.17) is 19.4 Å². The van der Waals surface area contributed by atoms with E-state index in [0.29, 0.717) is 44.5 Å². The number of nitrogens with one attached hydrogen (secondary N) is 1. The van der Waals surface area contributed by atoms with Crippen LogP contribution in [0.3, 0.4) is 0 Å². The number of amides is 2. The van der Waals surface area contributed by atoms with E-state index < -0.39 is 12.1 Å². The number of alkyl halides is 3. The zero-order valence-corrected chi connectivity index (χ0v) is 20.0. The van der Waals surface area contributed by atoms with Crippen molar-refractivity contribution in [1.82, 2.24) is 15.1 Å². The fraction of sp³-hybridized carbons (Fsp3) is 0.864. The molecule has 0 aromatic carbocycles. The van der Waals surface area contributed by atoms with Crippen molar-refractivity contribution in [2.45, 2.75) is 57.3 Å². The molecule has 2 N–H and O–H groups in total. The molecule has 3 rings (SSSR count). The predicted molar refractivity (Wildman–Crippen MR) is 116 cm³/mol. The summed E-state index contributed by atoms with van der Waals surface area (Å²) in [7, 11) is 1.98. The summed E-state index contributed by atoms with van der Waals surface area (Å²) in [5.41, 5.74) is -0.292. The van der Waals surface area contributed by atoms with Gasteiger partial charge in [0.15, 0.2) is 0 Å². The fourth-order valence-electron chi connectivity index (χ4n) is 4.17. The number of hydrogen-bond acceptors (Lipinski definition) is 6. The lowest BCUT2D eigenvalue weighted by Gasteiger charge is -2.54. The summed E-state index contributed by atoms with van der Waals surface area (Å²) in [6.45, 7) is 8.95. The molecule has 1 spiro atoms. The van der Waals surface area contributed by atoms with Gasteiger partial charge in [0.1, 0.15) is 11.6 Å². The molecule has 3 aliphatic rings. The quantitative estimate of drug-likeness (QED) is 0.575. The molecule has 12 heteroatoms. The van der Waals surface area contributed by atoms with Crippen LogP contribution in [0.2, 0.25) is 0 Å². The minimum absolute atomic E-state index is 0.0445. The topological polar surface area (TPSA) is 108 Å². The lowest BCUT2D eigenvalue weighted by Crippen LogP contribution is -2.73. The number of rotatable bonds is 6. The standard InChI is InChI=1S/C20H35N3O4.C2HF3O2/c1-15(2)4-5-18(24)23-13-20(14-23)12-22(3)17(11-27-20)19(25)21-10-16-6-8-26-9-7-16;3-2(4,5)1(6)7/h15-17H,4-14H2,1-3H3,(H,21,25);(H,6,7). The highest BCUT2D eigenvalue weighted by atomic mass is 19.4. The van der Waals surface area contributed by atoms with Crippen LogP contribution in [-0.2, 0) is 23.9 Å². The molecule has 3 saturated heterocycles. The van der Waals surface area contributed by atoms with Crippen LogP contribution in [0.1, 0.15) is 39.5 Å².